The maximum Gasteiger partial charge on any atom is 0.237 e. The number of benzene rings is 1. The summed E-state index contributed by atoms with van der Waals surface area (Å²) in [6.45, 7) is 6.24. The Hall–Kier alpha value is -1.35. The Morgan fingerprint density at radius 3 is 2.42 bits per heavy atom. The number of carbonyl (C=O) groups excluding carboxylic acids is 1. The van der Waals surface area contributed by atoms with Gasteiger partial charge in [0, 0.05) is 6.04 Å². The SMILES string of the molecule is CC[C@H](Cc1ccccc1)NC(=O)[C@@H](N)CC(C)C. The molecule has 0 heterocycles. The van der Waals surface area contributed by atoms with Crippen molar-refractivity contribution in [1.29, 1.82) is 0 Å². The molecule has 3 N–H and O–H groups in total. The number of rotatable bonds is 7. The minimum absolute atomic E-state index is 0.0310. The maximum atomic E-state index is 12.0. The van der Waals surface area contributed by atoms with Gasteiger partial charge in [-0.3, -0.25) is 4.79 Å². The Bertz CT molecular complexity index is 376. The van der Waals surface area contributed by atoms with Crippen LogP contribution in [0.15, 0.2) is 30.3 Å². The predicted molar refractivity (Wildman–Crippen MR) is 79.8 cm³/mol. The lowest BCUT2D eigenvalue weighted by molar-refractivity contribution is -0.123. The lowest BCUT2D eigenvalue weighted by Gasteiger charge is -2.20. The van der Waals surface area contributed by atoms with Gasteiger partial charge in [-0.2, -0.15) is 0 Å². The van der Waals surface area contributed by atoms with Crippen LogP contribution in [0.25, 0.3) is 0 Å². The molecular formula is C16H26N2O. The van der Waals surface area contributed by atoms with Crippen molar-refractivity contribution >= 4 is 5.91 Å². The van der Waals surface area contributed by atoms with Crippen LogP contribution in [0.5, 0.6) is 0 Å². The standard InChI is InChI=1S/C16H26N2O/c1-4-14(11-13-8-6-5-7-9-13)18-16(19)15(17)10-12(2)3/h5-9,12,14-15H,4,10-11,17H2,1-3H3,(H,18,19)/t14-,15+/m1/s1. The second-order valence-corrected chi connectivity index (χ2v) is 5.54. The van der Waals surface area contributed by atoms with Crippen LogP contribution < -0.4 is 11.1 Å². The van der Waals surface area contributed by atoms with Crippen LogP contribution in [0.1, 0.15) is 39.2 Å². The van der Waals surface area contributed by atoms with Crippen molar-refractivity contribution in [3.05, 3.63) is 35.9 Å². The number of carbonyl (C=O) groups is 1. The molecule has 1 aromatic carbocycles. The van der Waals surface area contributed by atoms with E-state index in [0.717, 1.165) is 19.3 Å². The van der Waals surface area contributed by atoms with Gasteiger partial charge in [-0.05, 0) is 30.7 Å². The molecule has 1 rings (SSSR count). The second-order valence-electron chi connectivity index (χ2n) is 5.54. The number of nitrogens with one attached hydrogen (secondary N) is 1. The average molecular weight is 262 g/mol. The second kappa shape index (κ2) is 7.95. The third-order valence-corrected chi connectivity index (χ3v) is 3.23. The van der Waals surface area contributed by atoms with Gasteiger partial charge in [-0.1, -0.05) is 51.1 Å². The number of amides is 1. The van der Waals surface area contributed by atoms with E-state index in [2.05, 4.69) is 38.2 Å². The molecule has 0 fully saturated rings. The van der Waals surface area contributed by atoms with Crippen molar-refractivity contribution in [2.45, 2.75) is 52.1 Å². The molecule has 0 aliphatic heterocycles. The summed E-state index contributed by atoms with van der Waals surface area (Å²) < 4.78 is 0. The Balaban J connectivity index is 2.50. The topological polar surface area (TPSA) is 55.1 Å². The third kappa shape index (κ3) is 5.88. The van der Waals surface area contributed by atoms with Gasteiger partial charge < -0.3 is 11.1 Å². The highest BCUT2D eigenvalue weighted by Gasteiger charge is 2.18. The van der Waals surface area contributed by atoms with Crippen molar-refractivity contribution in [3.63, 3.8) is 0 Å². The molecule has 0 aromatic heterocycles. The van der Waals surface area contributed by atoms with Gasteiger partial charge in [0.05, 0.1) is 6.04 Å². The Kier molecular flexibility index (Phi) is 6.57. The summed E-state index contributed by atoms with van der Waals surface area (Å²) in [5, 5.41) is 3.06. The summed E-state index contributed by atoms with van der Waals surface area (Å²) in [5.41, 5.74) is 7.15. The predicted octanol–water partition coefficient (Wildman–Crippen LogP) is 2.50. The van der Waals surface area contributed by atoms with Crippen LogP contribution in [0.2, 0.25) is 0 Å². The summed E-state index contributed by atoms with van der Waals surface area (Å²) in [6, 6.07) is 9.98. The van der Waals surface area contributed by atoms with Crippen molar-refractivity contribution in [3.8, 4) is 0 Å². The minimum Gasteiger partial charge on any atom is -0.352 e. The molecule has 3 nitrogen and oxygen atoms in total. The summed E-state index contributed by atoms with van der Waals surface area (Å²) in [4.78, 5) is 12.0. The van der Waals surface area contributed by atoms with Crippen LogP contribution in [0, 0.1) is 5.92 Å². The Labute approximate surface area is 116 Å². The van der Waals surface area contributed by atoms with E-state index in [-0.39, 0.29) is 11.9 Å². The van der Waals surface area contributed by atoms with E-state index in [4.69, 9.17) is 5.73 Å². The molecule has 0 aliphatic rings. The van der Waals surface area contributed by atoms with Gasteiger partial charge in [-0.25, -0.2) is 0 Å². The lowest BCUT2D eigenvalue weighted by Crippen LogP contribution is -2.46. The van der Waals surface area contributed by atoms with E-state index in [1.54, 1.807) is 0 Å². The molecule has 0 bridgehead atoms. The van der Waals surface area contributed by atoms with Crippen LogP contribution in [-0.4, -0.2) is 18.0 Å². The molecule has 2 atom stereocenters. The van der Waals surface area contributed by atoms with Crippen LogP contribution in [0.4, 0.5) is 0 Å². The van der Waals surface area contributed by atoms with Crippen LogP contribution in [0.3, 0.4) is 0 Å². The van der Waals surface area contributed by atoms with E-state index >= 15 is 0 Å². The van der Waals surface area contributed by atoms with E-state index < -0.39 is 6.04 Å². The average Bonchev–Trinajstić information content (AvgIpc) is 2.38. The Morgan fingerprint density at radius 1 is 1.26 bits per heavy atom. The number of hydrogen-bond donors (Lipinski definition) is 2. The van der Waals surface area contributed by atoms with Gasteiger partial charge in [0.25, 0.3) is 0 Å². The quantitative estimate of drug-likeness (QED) is 0.793. The fourth-order valence-corrected chi connectivity index (χ4v) is 2.12. The normalized spacial score (nSPS) is 14.2. The van der Waals surface area contributed by atoms with Crippen molar-refractivity contribution in [2.75, 3.05) is 0 Å². The van der Waals surface area contributed by atoms with Gasteiger partial charge in [0.15, 0.2) is 0 Å². The van der Waals surface area contributed by atoms with Crippen LogP contribution in [-0.2, 0) is 11.2 Å². The van der Waals surface area contributed by atoms with Crippen LogP contribution >= 0.6 is 0 Å². The molecule has 0 radical (unpaired) electrons. The molecule has 0 aliphatic carbocycles. The zero-order valence-corrected chi connectivity index (χ0v) is 12.2. The monoisotopic (exact) mass is 262 g/mol. The minimum atomic E-state index is -0.398. The first-order valence-corrected chi connectivity index (χ1v) is 7.12. The smallest absolute Gasteiger partial charge is 0.237 e. The van der Waals surface area contributed by atoms with E-state index in [0.29, 0.717) is 5.92 Å². The van der Waals surface area contributed by atoms with Gasteiger partial charge in [0.2, 0.25) is 5.91 Å². The van der Waals surface area contributed by atoms with Gasteiger partial charge in [0.1, 0.15) is 0 Å². The molecule has 1 aromatic rings. The number of nitrogens with two attached hydrogens (primary N) is 1. The maximum absolute atomic E-state index is 12.0. The third-order valence-electron chi connectivity index (χ3n) is 3.23. The lowest BCUT2D eigenvalue weighted by atomic mass is 10.0. The molecule has 3 heteroatoms. The highest BCUT2D eigenvalue weighted by atomic mass is 16.2. The zero-order chi connectivity index (χ0) is 14.3. The van der Waals surface area contributed by atoms with Gasteiger partial charge in [-0.15, -0.1) is 0 Å². The molecule has 0 unspecified atom stereocenters. The summed E-state index contributed by atoms with van der Waals surface area (Å²) in [5.74, 6) is 0.409. The fourth-order valence-electron chi connectivity index (χ4n) is 2.12. The largest absolute Gasteiger partial charge is 0.352 e. The molecule has 0 saturated heterocycles. The molecule has 106 valence electrons. The summed E-state index contributed by atoms with van der Waals surface area (Å²) in [6.07, 6.45) is 2.50. The van der Waals surface area contributed by atoms with Gasteiger partial charge >= 0.3 is 0 Å². The molecule has 1 amide bonds. The van der Waals surface area contributed by atoms with E-state index in [1.165, 1.54) is 5.56 Å². The van der Waals surface area contributed by atoms with Crippen molar-refractivity contribution < 1.29 is 4.79 Å². The fraction of sp³-hybridized carbons (Fsp3) is 0.562. The molecule has 0 saturated carbocycles. The highest BCUT2D eigenvalue weighted by Crippen LogP contribution is 2.07. The Morgan fingerprint density at radius 2 is 1.89 bits per heavy atom. The first-order chi connectivity index (χ1) is 9.02. The first kappa shape index (κ1) is 15.7. The molecular weight excluding hydrogens is 236 g/mol. The summed E-state index contributed by atoms with van der Waals surface area (Å²) in [7, 11) is 0. The summed E-state index contributed by atoms with van der Waals surface area (Å²) >= 11 is 0. The first-order valence-electron chi connectivity index (χ1n) is 7.12. The molecule has 0 spiro atoms. The highest BCUT2D eigenvalue weighted by molar-refractivity contribution is 5.81. The number of hydrogen-bond acceptors (Lipinski definition) is 2. The molecule has 19 heavy (non-hydrogen) atoms. The zero-order valence-electron chi connectivity index (χ0n) is 12.2. The van der Waals surface area contributed by atoms with Crippen molar-refractivity contribution in [2.24, 2.45) is 11.7 Å². The van der Waals surface area contributed by atoms with Crippen molar-refractivity contribution in [1.82, 2.24) is 5.32 Å². The van der Waals surface area contributed by atoms with E-state index in [9.17, 15) is 4.79 Å². The van der Waals surface area contributed by atoms with E-state index in [1.807, 2.05) is 18.2 Å².